The maximum Gasteiger partial charge on any atom is 0.196 e. The van der Waals surface area contributed by atoms with Crippen molar-refractivity contribution in [2.24, 2.45) is 0 Å². The summed E-state index contributed by atoms with van der Waals surface area (Å²) in [5, 5.41) is 0.641. The van der Waals surface area contributed by atoms with Crippen LogP contribution in [-0.2, 0) is 0 Å². The predicted molar refractivity (Wildman–Crippen MR) is 98.0 cm³/mol. The van der Waals surface area contributed by atoms with E-state index in [1.54, 1.807) is 37.4 Å². The van der Waals surface area contributed by atoms with E-state index in [1.165, 1.54) is 0 Å². The van der Waals surface area contributed by atoms with E-state index in [9.17, 15) is 4.79 Å². The van der Waals surface area contributed by atoms with Crippen LogP contribution >= 0.6 is 23.2 Å². The fourth-order valence-corrected chi connectivity index (χ4v) is 2.89. The molecule has 24 heavy (non-hydrogen) atoms. The molecule has 0 spiro atoms. The van der Waals surface area contributed by atoms with Crippen molar-refractivity contribution in [1.82, 2.24) is 0 Å². The molecule has 2 aromatic rings. The van der Waals surface area contributed by atoms with Crippen LogP contribution in [0.2, 0.25) is 10.0 Å². The molecular formula is C19H20Cl2O3. The molecule has 5 heteroatoms. The van der Waals surface area contributed by atoms with Gasteiger partial charge in [-0.3, -0.25) is 4.79 Å². The largest absolute Gasteiger partial charge is 0.493 e. The third-order valence-corrected chi connectivity index (χ3v) is 3.99. The van der Waals surface area contributed by atoms with Gasteiger partial charge >= 0.3 is 0 Å². The first-order chi connectivity index (χ1) is 11.1. The number of benzene rings is 2. The van der Waals surface area contributed by atoms with Crippen LogP contribution in [0.5, 0.6) is 11.5 Å². The van der Waals surface area contributed by atoms with E-state index in [2.05, 4.69) is 0 Å². The van der Waals surface area contributed by atoms with Crippen LogP contribution in [0.25, 0.3) is 0 Å². The van der Waals surface area contributed by atoms with Crippen LogP contribution in [0.4, 0.5) is 0 Å². The molecule has 0 atom stereocenters. The minimum absolute atomic E-state index is 0.246. The molecule has 0 aliphatic rings. The van der Waals surface area contributed by atoms with Crippen LogP contribution in [0.1, 0.15) is 42.3 Å². The zero-order chi connectivity index (χ0) is 18.1. The highest BCUT2D eigenvalue weighted by Crippen LogP contribution is 2.35. The highest BCUT2D eigenvalue weighted by atomic mass is 35.5. The second kappa shape index (κ2) is 7.04. The van der Waals surface area contributed by atoms with Crippen LogP contribution in [0.15, 0.2) is 30.3 Å². The third kappa shape index (κ3) is 4.03. The summed E-state index contributed by atoms with van der Waals surface area (Å²) in [6, 6.07) is 8.45. The van der Waals surface area contributed by atoms with E-state index in [1.807, 2.05) is 27.7 Å². The number of carbonyl (C=O) groups is 1. The number of ether oxygens (including phenoxy) is 2. The number of hydrogen-bond acceptors (Lipinski definition) is 3. The van der Waals surface area contributed by atoms with Crippen molar-refractivity contribution in [1.29, 1.82) is 0 Å². The molecule has 0 bridgehead atoms. The molecule has 0 aliphatic carbocycles. The van der Waals surface area contributed by atoms with Crippen molar-refractivity contribution in [3.63, 3.8) is 0 Å². The Labute approximate surface area is 152 Å². The number of hydrogen-bond donors (Lipinski definition) is 0. The molecule has 0 radical (unpaired) electrons. The molecule has 3 nitrogen and oxygen atoms in total. The number of ketones is 1. The normalized spacial score (nSPS) is 11.3. The van der Waals surface area contributed by atoms with E-state index in [-0.39, 0.29) is 11.3 Å². The second-order valence-electron chi connectivity index (χ2n) is 6.46. The lowest BCUT2D eigenvalue weighted by Crippen LogP contribution is -2.23. The molecule has 0 heterocycles. The predicted octanol–water partition coefficient (Wildman–Crippen LogP) is 5.72. The standard InChI is InChI=1S/C19H20Cl2O3/c1-11-9-15(23-5)16(24-19(2,3)4)10-12(11)18(22)17-13(20)7-6-8-14(17)21/h6-10H,1-5H3. The molecule has 0 aromatic heterocycles. The molecule has 2 rings (SSSR count). The molecule has 128 valence electrons. The SMILES string of the molecule is COc1cc(C)c(C(=O)c2c(Cl)cccc2Cl)cc1OC(C)(C)C. The minimum atomic E-state index is -0.426. The van der Waals surface area contributed by atoms with Crippen molar-refractivity contribution >= 4 is 29.0 Å². The first kappa shape index (κ1) is 18.6. The Kier molecular flexibility index (Phi) is 5.46. The van der Waals surface area contributed by atoms with Gasteiger partial charge in [-0.15, -0.1) is 0 Å². The van der Waals surface area contributed by atoms with Crippen molar-refractivity contribution in [2.75, 3.05) is 7.11 Å². The van der Waals surface area contributed by atoms with Crippen molar-refractivity contribution in [3.05, 3.63) is 57.1 Å². The first-order valence-corrected chi connectivity index (χ1v) is 8.26. The molecule has 0 aliphatic heterocycles. The fraction of sp³-hybridized carbons (Fsp3) is 0.316. The quantitative estimate of drug-likeness (QED) is 0.649. The van der Waals surface area contributed by atoms with Crippen LogP contribution < -0.4 is 9.47 Å². The highest BCUT2D eigenvalue weighted by Gasteiger charge is 2.22. The summed E-state index contributed by atoms with van der Waals surface area (Å²) in [4.78, 5) is 13.0. The van der Waals surface area contributed by atoms with E-state index in [0.29, 0.717) is 27.1 Å². The zero-order valence-electron chi connectivity index (χ0n) is 14.4. The molecule has 0 fully saturated rings. The number of carbonyl (C=O) groups excluding carboxylic acids is 1. The Bertz CT molecular complexity index is 757. The van der Waals surface area contributed by atoms with Crippen molar-refractivity contribution in [3.8, 4) is 11.5 Å². The van der Waals surface area contributed by atoms with Gasteiger partial charge in [0, 0.05) is 5.56 Å². The summed E-state index contributed by atoms with van der Waals surface area (Å²) in [7, 11) is 1.57. The average molecular weight is 367 g/mol. The Morgan fingerprint density at radius 1 is 1.04 bits per heavy atom. The summed E-state index contributed by atoms with van der Waals surface area (Å²) in [5.74, 6) is 0.830. The summed E-state index contributed by atoms with van der Waals surface area (Å²) in [5.41, 5.74) is 1.10. The molecule has 0 N–H and O–H groups in total. The topological polar surface area (TPSA) is 35.5 Å². The smallest absolute Gasteiger partial charge is 0.196 e. The molecule has 2 aromatic carbocycles. The fourth-order valence-electron chi connectivity index (χ4n) is 2.32. The van der Waals surface area contributed by atoms with Gasteiger partial charge in [0.1, 0.15) is 5.60 Å². The third-order valence-electron chi connectivity index (χ3n) is 3.36. The summed E-state index contributed by atoms with van der Waals surface area (Å²) < 4.78 is 11.3. The van der Waals surface area contributed by atoms with E-state index >= 15 is 0 Å². The summed E-state index contributed by atoms with van der Waals surface area (Å²) in [6.45, 7) is 7.62. The molecule has 0 saturated heterocycles. The Hall–Kier alpha value is -1.71. The number of rotatable bonds is 4. The van der Waals surface area contributed by atoms with Gasteiger partial charge in [-0.05, 0) is 57.5 Å². The zero-order valence-corrected chi connectivity index (χ0v) is 15.9. The van der Waals surface area contributed by atoms with Gasteiger partial charge < -0.3 is 9.47 Å². The van der Waals surface area contributed by atoms with Gasteiger partial charge in [-0.1, -0.05) is 29.3 Å². The van der Waals surface area contributed by atoms with E-state index < -0.39 is 5.60 Å². The number of methoxy groups -OCH3 is 1. The maximum atomic E-state index is 13.0. The van der Waals surface area contributed by atoms with Crippen LogP contribution in [-0.4, -0.2) is 18.5 Å². The van der Waals surface area contributed by atoms with Gasteiger partial charge in [0.15, 0.2) is 17.3 Å². The van der Waals surface area contributed by atoms with E-state index in [4.69, 9.17) is 32.7 Å². The highest BCUT2D eigenvalue weighted by molar-refractivity contribution is 6.41. The van der Waals surface area contributed by atoms with Crippen molar-refractivity contribution in [2.45, 2.75) is 33.3 Å². The summed E-state index contributed by atoms with van der Waals surface area (Å²) >= 11 is 12.3. The first-order valence-electron chi connectivity index (χ1n) is 7.50. The summed E-state index contributed by atoms with van der Waals surface area (Å²) in [6.07, 6.45) is 0. The monoisotopic (exact) mass is 366 g/mol. The lowest BCUT2D eigenvalue weighted by atomic mass is 9.98. The van der Waals surface area contributed by atoms with Gasteiger partial charge in [0.25, 0.3) is 0 Å². The van der Waals surface area contributed by atoms with E-state index in [0.717, 1.165) is 5.56 Å². The van der Waals surface area contributed by atoms with Gasteiger partial charge in [-0.25, -0.2) is 0 Å². The van der Waals surface area contributed by atoms with Crippen LogP contribution in [0, 0.1) is 6.92 Å². The Balaban J connectivity index is 2.58. The van der Waals surface area contributed by atoms with Gasteiger partial charge in [-0.2, -0.15) is 0 Å². The molecular weight excluding hydrogens is 347 g/mol. The lowest BCUT2D eigenvalue weighted by Gasteiger charge is -2.24. The van der Waals surface area contributed by atoms with Crippen LogP contribution in [0.3, 0.4) is 0 Å². The molecule has 0 amide bonds. The van der Waals surface area contributed by atoms with Crippen molar-refractivity contribution < 1.29 is 14.3 Å². The second-order valence-corrected chi connectivity index (χ2v) is 7.27. The maximum absolute atomic E-state index is 13.0. The Morgan fingerprint density at radius 3 is 2.12 bits per heavy atom. The Morgan fingerprint density at radius 2 is 1.62 bits per heavy atom. The molecule has 0 unspecified atom stereocenters. The lowest BCUT2D eigenvalue weighted by molar-refractivity contribution is 0.103. The number of halogens is 2. The average Bonchev–Trinajstić information content (AvgIpc) is 2.46. The molecule has 0 saturated carbocycles. The number of aryl methyl sites for hydroxylation is 1. The van der Waals surface area contributed by atoms with Gasteiger partial charge in [0.05, 0.1) is 22.7 Å². The minimum Gasteiger partial charge on any atom is -0.493 e. The van der Waals surface area contributed by atoms with Gasteiger partial charge in [0.2, 0.25) is 0 Å².